The molecule has 0 spiro atoms. The van der Waals surface area contributed by atoms with Gasteiger partial charge in [-0.3, -0.25) is 9.59 Å². The van der Waals surface area contributed by atoms with Crippen LogP contribution in [-0.4, -0.2) is 63.4 Å². The van der Waals surface area contributed by atoms with Crippen molar-refractivity contribution < 1.29 is 28.5 Å². The summed E-state index contributed by atoms with van der Waals surface area (Å²) in [4.78, 5) is 26.3. The summed E-state index contributed by atoms with van der Waals surface area (Å²) < 4.78 is 21.0. The van der Waals surface area contributed by atoms with Crippen molar-refractivity contribution in [1.82, 2.24) is 4.90 Å². The van der Waals surface area contributed by atoms with E-state index in [1.54, 1.807) is 37.1 Å². The lowest BCUT2D eigenvalue weighted by atomic mass is 10.1. The quantitative estimate of drug-likeness (QED) is 0.409. The van der Waals surface area contributed by atoms with E-state index in [4.69, 9.17) is 18.9 Å². The van der Waals surface area contributed by atoms with Crippen LogP contribution in [-0.2, 0) is 14.3 Å². The molecule has 7 nitrogen and oxygen atoms in total. The molecule has 1 amide bonds. The summed E-state index contributed by atoms with van der Waals surface area (Å²) in [5, 5.41) is 0. The Hall–Kier alpha value is -2.28. The minimum Gasteiger partial charge on any atom is -0.493 e. The molecule has 0 saturated heterocycles. The molecular formula is C20H31NO6. The topological polar surface area (TPSA) is 74.3 Å². The molecule has 0 bridgehead atoms. The highest BCUT2D eigenvalue weighted by molar-refractivity contribution is 5.95. The predicted octanol–water partition coefficient (Wildman–Crippen LogP) is 2.91. The number of amides is 1. The number of benzene rings is 1. The second-order valence-electron chi connectivity index (χ2n) is 6.19. The van der Waals surface area contributed by atoms with E-state index >= 15 is 0 Å². The summed E-state index contributed by atoms with van der Waals surface area (Å²) in [5.74, 6) is 0.542. The maximum atomic E-state index is 12.9. The summed E-state index contributed by atoms with van der Waals surface area (Å²) in [7, 11) is 3.06. The van der Waals surface area contributed by atoms with Gasteiger partial charge in [0, 0.05) is 25.3 Å². The molecule has 0 radical (unpaired) electrons. The molecule has 1 aromatic carbocycles. The van der Waals surface area contributed by atoms with Crippen molar-refractivity contribution in [3.63, 3.8) is 0 Å². The molecular weight excluding hydrogens is 350 g/mol. The number of carbonyl (C=O) groups excluding carboxylic acids is 2. The van der Waals surface area contributed by atoms with Gasteiger partial charge in [-0.1, -0.05) is 0 Å². The van der Waals surface area contributed by atoms with Gasteiger partial charge in [-0.05, 0) is 45.4 Å². The van der Waals surface area contributed by atoms with Crippen molar-refractivity contribution in [1.29, 1.82) is 0 Å². The first-order valence-electron chi connectivity index (χ1n) is 9.21. The lowest BCUT2D eigenvalue weighted by molar-refractivity contribution is -0.143. The van der Waals surface area contributed by atoms with Crippen molar-refractivity contribution in [3.05, 3.63) is 23.8 Å². The molecule has 1 aromatic rings. The summed E-state index contributed by atoms with van der Waals surface area (Å²) in [5.41, 5.74) is 0.473. The van der Waals surface area contributed by atoms with Crippen molar-refractivity contribution in [2.45, 2.75) is 39.7 Å². The first-order valence-corrected chi connectivity index (χ1v) is 9.21. The molecule has 0 saturated carbocycles. The van der Waals surface area contributed by atoms with E-state index in [1.807, 2.05) is 13.8 Å². The van der Waals surface area contributed by atoms with E-state index in [1.165, 1.54) is 7.11 Å². The van der Waals surface area contributed by atoms with Crippen molar-refractivity contribution >= 4 is 11.9 Å². The molecule has 152 valence electrons. The Labute approximate surface area is 161 Å². The van der Waals surface area contributed by atoms with Gasteiger partial charge in [-0.2, -0.15) is 0 Å². The van der Waals surface area contributed by atoms with Crippen LogP contribution in [0.25, 0.3) is 0 Å². The van der Waals surface area contributed by atoms with E-state index in [0.29, 0.717) is 43.2 Å². The second kappa shape index (κ2) is 12.2. The van der Waals surface area contributed by atoms with E-state index in [2.05, 4.69) is 0 Å². The van der Waals surface area contributed by atoms with Gasteiger partial charge in [-0.25, -0.2) is 0 Å². The molecule has 0 unspecified atom stereocenters. The molecule has 0 aromatic heterocycles. The monoisotopic (exact) mass is 381 g/mol. The van der Waals surface area contributed by atoms with E-state index < -0.39 is 0 Å². The molecule has 0 atom stereocenters. The first kappa shape index (κ1) is 22.8. The summed E-state index contributed by atoms with van der Waals surface area (Å²) in [6.07, 6.45) is 0.970. The smallest absolute Gasteiger partial charge is 0.307 e. The van der Waals surface area contributed by atoms with Gasteiger partial charge in [0.1, 0.15) is 0 Å². The highest BCUT2D eigenvalue weighted by Crippen LogP contribution is 2.28. The Morgan fingerprint density at radius 3 is 2.37 bits per heavy atom. The van der Waals surface area contributed by atoms with Gasteiger partial charge in [0.05, 0.1) is 33.4 Å². The van der Waals surface area contributed by atoms with E-state index in [-0.39, 0.29) is 30.9 Å². The second-order valence-corrected chi connectivity index (χ2v) is 6.19. The molecule has 0 aliphatic rings. The average molecular weight is 381 g/mol. The number of methoxy groups -OCH3 is 2. The Morgan fingerprint density at radius 1 is 1.07 bits per heavy atom. The number of nitrogens with zero attached hydrogens (tertiary/aromatic N) is 1. The van der Waals surface area contributed by atoms with Crippen LogP contribution in [0.5, 0.6) is 11.5 Å². The fraction of sp³-hybridized carbons (Fsp3) is 0.600. The Bertz CT molecular complexity index is 602. The van der Waals surface area contributed by atoms with Crippen molar-refractivity contribution in [2.75, 3.05) is 40.5 Å². The zero-order chi connectivity index (χ0) is 20.2. The fourth-order valence-corrected chi connectivity index (χ4v) is 2.50. The van der Waals surface area contributed by atoms with Crippen LogP contribution >= 0.6 is 0 Å². The molecule has 1 rings (SSSR count). The van der Waals surface area contributed by atoms with Crippen LogP contribution in [0.15, 0.2) is 18.2 Å². The summed E-state index contributed by atoms with van der Waals surface area (Å²) in [6.45, 7) is 7.33. The highest BCUT2D eigenvalue weighted by Gasteiger charge is 2.19. The van der Waals surface area contributed by atoms with E-state index in [0.717, 1.165) is 0 Å². The summed E-state index contributed by atoms with van der Waals surface area (Å²) in [6, 6.07) is 5.02. The maximum Gasteiger partial charge on any atom is 0.307 e. The molecule has 0 heterocycles. The molecule has 7 heteroatoms. The molecule has 0 aliphatic carbocycles. The Balaban J connectivity index is 2.85. The normalized spacial score (nSPS) is 10.6. The SMILES string of the molecule is CCOC(=O)CCN(CCCOC(C)C)C(=O)c1ccc(OC)c(OC)c1. The minimum absolute atomic E-state index is 0.138. The number of hydrogen-bond donors (Lipinski definition) is 0. The van der Waals surface area contributed by atoms with Gasteiger partial charge in [0.2, 0.25) is 0 Å². The first-order chi connectivity index (χ1) is 12.9. The van der Waals surface area contributed by atoms with Crippen LogP contribution in [0, 0.1) is 0 Å². The third kappa shape index (κ3) is 7.86. The summed E-state index contributed by atoms with van der Waals surface area (Å²) >= 11 is 0. The van der Waals surface area contributed by atoms with Crippen LogP contribution in [0.2, 0.25) is 0 Å². The average Bonchev–Trinajstić information content (AvgIpc) is 2.66. The Kier molecular flexibility index (Phi) is 10.3. The number of ether oxygens (including phenoxy) is 4. The number of esters is 1. The van der Waals surface area contributed by atoms with Crippen LogP contribution in [0.1, 0.15) is 44.0 Å². The van der Waals surface area contributed by atoms with Gasteiger partial charge in [0.25, 0.3) is 5.91 Å². The number of rotatable bonds is 12. The zero-order valence-electron chi connectivity index (χ0n) is 16.9. The van der Waals surface area contributed by atoms with Crippen LogP contribution < -0.4 is 9.47 Å². The van der Waals surface area contributed by atoms with Gasteiger partial charge < -0.3 is 23.8 Å². The largest absolute Gasteiger partial charge is 0.493 e. The van der Waals surface area contributed by atoms with Gasteiger partial charge >= 0.3 is 5.97 Å². The number of hydrogen-bond acceptors (Lipinski definition) is 6. The lowest BCUT2D eigenvalue weighted by Gasteiger charge is -2.23. The zero-order valence-corrected chi connectivity index (χ0v) is 16.9. The standard InChI is InChI=1S/C20H31NO6/c1-6-26-19(22)10-12-21(11-7-13-27-15(2)3)20(23)16-8-9-17(24-4)18(14-16)25-5/h8-9,14-15H,6-7,10-13H2,1-5H3. The fourth-order valence-electron chi connectivity index (χ4n) is 2.50. The minimum atomic E-state index is -0.318. The third-order valence-corrected chi connectivity index (χ3v) is 3.83. The van der Waals surface area contributed by atoms with Crippen molar-refractivity contribution in [3.8, 4) is 11.5 Å². The van der Waals surface area contributed by atoms with Gasteiger partial charge in [0.15, 0.2) is 11.5 Å². The van der Waals surface area contributed by atoms with E-state index in [9.17, 15) is 9.59 Å². The predicted molar refractivity (Wildman–Crippen MR) is 102 cm³/mol. The molecule has 0 aliphatic heterocycles. The number of carbonyl (C=O) groups is 2. The maximum absolute atomic E-state index is 12.9. The third-order valence-electron chi connectivity index (χ3n) is 3.83. The molecule has 0 fully saturated rings. The van der Waals surface area contributed by atoms with Crippen molar-refractivity contribution in [2.24, 2.45) is 0 Å². The van der Waals surface area contributed by atoms with Gasteiger partial charge in [-0.15, -0.1) is 0 Å². The van der Waals surface area contributed by atoms with Crippen LogP contribution in [0.3, 0.4) is 0 Å². The Morgan fingerprint density at radius 2 is 1.78 bits per heavy atom. The molecule has 0 N–H and O–H groups in total. The van der Waals surface area contributed by atoms with Crippen LogP contribution in [0.4, 0.5) is 0 Å². The lowest BCUT2D eigenvalue weighted by Crippen LogP contribution is -2.34. The highest BCUT2D eigenvalue weighted by atomic mass is 16.5. The molecule has 27 heavy (non-hydrogen) atoms.